The quantitative estimate of drug-likeness (QED) is 0.586. The summed E-state index contributed by atoms with van der Waals surface area (Å²) in [6.45, 7) is 0.785. The second-order valence-corrected chi connectivity index (χ2v) is 6.30. The van der Waals surface area contributed by atoms with E-state index in [1.165, 1.54) is 24.8 Å². The first kappa shape index (κ1) is 12.7. The van der Waals surface area contributed by atoms with Crippen LogP contribution in [0.15, 0.2) is 0 Å². The summed E-state index contributed by atoms with van der Waals surface area (Å²) in [6, 6.07) is 0. The fourth-order valence-electron chi connectivity index (χ4n) is 2.52. The lowest BCUT2D eigenvalue weighted by atomic mass is 10.1. The van der Waals surface area contributed by atoms with Crippen molar-refractivity contribution in [2.45, 2.75) is 38.2 Å². The van der Waals surface area contributed by atoms with E-state index in [4.69, 9.17) is 21.3 Å². The molecule has 1 aliphatic heterocycles. The van der Waals surface area contributed by atoms with Crippen molar-refractivity contribution in [3.05, 3.63) is 22.2 Å². The highest BCUT2D eigenvalue weighted by Gasteiger charge is 2.23. The lowest BCUT2D eigenvalue weighted by molar-refractivity contribution is 0.0692. The topological polar surface area (TPSA) is 35.0 Å². The van der Waals surface area contributed by atoms with E-state index in [0.29, 0.717) is 5.15 Å². The number of aromatic nitrogens is 2. The highest BCUT2D eigenvalue weighted by Crippen LogP contribution is 2.29. The molecule has 0 N–H and O–H groups in total. The third-order valence-corrected chi connectivity index (χ3v) is 4.81. The molecule has 18 heavy (non-hydrogen) atoms. The van der Waals surface area contributed by atoms with Gasteiger partial charge in [0.25, 0.3) is 0 Å². The summed E-state index contributed by atoms with van der Waals surface area (Å²) in [5.74, 6) is 2.79. The van der Waals surface area contributed by atoms with Crippen LogP contribution in [0.4, 0.5) is 0 Å². The molecule has 0 amide bonds. The summed E-state index contributed by atoms with van der Waals surface area (Å²) in [5.41, 5.74) is 2.32. The minimum Gasteiger partial charge on any atom is -0.368 e. The van der Waals surface area contributed by atoms with E-state index < -0.39 is 0 Å². The van der Waals surface area contributed by atoms with Gasteiger partial charge in [0.1, 0.15) is 11.3 Å². The predicted molar refractivity (Wildman–Crippen MR) is 74.3 cm³/mol. The number of nitrogens with zero attached hydrogens (tertiary/aromatic N) is 2. The SMILES string of the molecule is Clc1nc(C2CSCCO2)nc2c1CCCCC2. The summed E-state index contributed by atoms with van der Waals surface area (Å²) < 4.78 is 5.74. The maximum Gasteiger partial charge on any atom is 0.159 e. The van der Waals surface area contributed by atoms with Crippen LogP contribution in [0, 0.1) is 0 Å². The fraction of sp³-hybridized carbons (Fsp3) is 0.692. The average Bonchev–Trinajstić information content (AvgIpc) is 2.65. The van der Waals surface area contributed by atoms with Crippen molar-refractivity contribution in [1.29, 1.82) is 0 Å². The molecule has 0 aromatic carbocycles. The molecule has 0 saturated carbocycles. The van der Waals surface area contributed by atoms with Crippen molar-refractivity contribution in [2.75, 3.05) is 18.1 Å². The Morgan fingerprint density at radius 3 is 2.89 bits per heavy atom. The van der Waals surface area contributed by atoms with Gasteiger partial charge >= 0.3 is 0 Å². The molecule has 1 atom stereocenters. The standard InChI is InChI=1S/C13H17ClN2OS/c14-12-9-4-2-1-3-5-10(9)15-13(16-12)11-8-18-7-6-17-11/h11H,1-8H2. The molecule has 1 fully saturated rings. The van der Waals surface area contributed by atoms with Crippen LogP contribution in [-0.4, -0.2) is 28.1 Å². The molecule has 3 nitrogen and oxygen atoms in total. The zero-order valence-electron chi connectivity index (χ0n) is 10.3. The molecule has 1 saturated heterocycles. The molecule has 0 bridgehead atoms. The summed E-state index contributed by atoms with van der Waals surface area (Å²) in [4.78, 5) is 9.19. The molecular weight excluding hydrogens is 268 g/mol. The number of hydrogen-bond acceptors (Lipinski definition) is 4. The Hall–Kier alpha value is -0.320. The molecule has 2 heterocycles. The Bertz CT molecular complexity index is 435. The lowest BCUT2D eigenvalue weighted by Gasteiger charge is -2.22. The van der Waals surface area contributed by atoms with Gasteiger partial charge in [0.2, 0.25) is 0 Å². The van der Waals surface area contributed by atoms with Gasteiger partial charge in [-0.3, -0.25) is 0 Å². The van der Waals surface area contributed by atoms with Crippen molar-refractivity contribution < 1.29 is 4.74 Å². The van der Waals surface area contributed by atoms with E-state index in [0.717, 1.165) is 42.5 Å². The molecule has 1 aromatic rings. The van der Waals surface area contributed by atoms with Gasteiger partial charge in [-0.05, 0) is 25.7 Å². The molecule has 1 aromatic heterocycles. The zero-order valence-corrected chi connectivity index (χ0v) is 11.9. The number of aryl methyl sites for hydroxylation is 1. The maximum absolute atomic E-state index is 6.33. The van der Waals surface area contributed by atoms with Gasteiger partial charge in [-0.15, -0.1) is 0 Å². The molecule has 1 aliphatic carbocycles. The van der Waals surface area contributed by atoms with Crippen LogP contribution in [0.25, 0.3) is 0 Å². The number of ether oxygens (including phenoxy) is 1. The minimum absolute atomic E-state index is 0.0230. The first-order chi connectivity index (χ1) is 8.84. The summed E-state index contributed by atoms with van der Waals surface area (Å²) >= 11 is 8.22. The van der Waals surface area contributed by atoms with E-state index in [2.05, 4.69) is 4.98 Å². The maximum atomic E-state index is 6.33. The number of fused-ring (bicyclic) bond motifs is 1. The third-order valence-electron chi connectivity index (χ3n) is 3.50. The van der Waals surface area contributed by atoms with Gasteiger partial charge < -0.3 is 4.74 Å². The number of thioether (sulfide) groups is 1. The smallest absolute Gasteiger partial charge is 0.159 e. The molecule has 3 rings (SSSR count). The number of halogens is 1. The van der Waals surface area contributed by atoms with Crippen LogP contribution in [0.2, 0.25) is 5.15 Å². The highest BCUT2D eigenvalue weighted by molar-refractivity contribution is 7.99. The summed E-state index contributed by atoms with van der Waals surface area (Å²) in [7, 11) is 0. The third kappa shape index (κ3) is 2.65. The lowest BCUT2D eigenvalue weighted by Crippen LogP contribution is -2.19. The van der Waals surface area contributed by atoms with Crippen LogP contribution in [0.1, 0.15) is 42.4 Å². The van der Waals surface area contributed by atoms with Crippen molar-refractivity contribution in [3.63, 3.8) is 0 Å². The van der Waals surface area contributed by atoms with Crippen LogP contribution in [0.3, 0.4) is 0 Å². The molecular formula is C13H17ClN2OS. The second-order valence-electron chi connectivity index (χ2n) is 4.79. The van der Waals surface area contributed by atoms with Gasteiger partial charge in [0.15, 0.2) is 5.82 Å². The summed E-state index contributed by atoms with van der Waals surface area (Å²) in [5, 5.41) is 0.649. The van der Waals surface area contributed by atoms with Gasteiger partial charge in [0, 0.05) is 22.8 Å². The number of hydrogen-bond donors (Lipinski definition) is 0. The first-order valence-electron chi connectivity index (χ1n) is 6.59. The zero-order chi connectivity index (χ0) is 12.4. The van der Waals surface area contributed by atoms with Crippen molar-refractivity contribution in [2.24, 2.45) is 0 Å². The van der Waals surface area contributed by atoms with E-state index >= 15 is 0 Å². The predicted octanol–water partition coefficient (Wildman–Crippen LogP) is 3.20. The van der Waals surface area contributed by atoms with E-state index in [9.17, 15) is 0 Å². The van der Waals surface area contributed by atoms with Crippen molar-refractivity contribution in [1.82, 2.24) is 9.97 Å². The van der Waals surface area contributed by atoms with Gasteiger partial charge in [-0.25, -0.2) is 9.97 Å². The molecule has 0 radical (unpaired) electrons. The largest absolute Gasteiger partial charge is 0.368 e. The van der Waals surface area contributed by atoms with Gasteiger partial charge in [-0.1, -0.05) is 18.0 Å². The Morgan fingerprint density at radius 2 is 2.06 bits per heavy atom. The summed E-state index contributed by atoms with van der Waals surface area (Å²) in [6.07, 6.45) is 5.75. The molecule has 2 aliphatic rings. The normalized spacial score (nSPS) is 24.4. The van der Waals surface area contributed by atoms with Gasteiger partial charge in [-0.2, -0.15) is 11.8 Å². The molecule has 5 heteroatoms. The van der Waals surface area contributed by atoms with Gasteiger partial charge in [0.05, 0.1) is 6.61 Å². The van der Waals surface area contributed by atoms with E-state index in [-0.39, 0.29) is 6.10 Å². The van der Waals surface area contributed by atoms with Crippen LogP contribution in [0.5, 0.6) is 0 Å². The van der Waals surface area contributed by atoms with E-state index in [1.54, 1.807) is 0 Å². The molecule has 0 spiro atoms. The number of rotatable bonds is 1. The molecule has 98 valence electrons. The van der Waals surface area contributed by atoms with Crippen LogP contribution in [-0.2, 0) is 17.6 Å². The van der Waals surface area contributed by atoms with Crippen molar-refractivity contribution in [3.8, 4) is 0 Å². The van der Waals surface area contributed by atoms with Crippen LogP contribution < -0.4 is 0 Å². The second kappa shape index (κ2) is 5.76. The Kier molecular flexibility index (Phi) is 4.07. The fourth-order valence-corrected chi connectivity index (χ4v) is 3.65. The van der Waals surface area contributed by atoms with E-state index in [1.807, 2.05) is 11.8 Å². The highest BCUT2D eigenvalue weighted by atomic mass is 35.5. The Balaban J connectivity index is 1.91. The monoisotopic (exact) mass is 284 g/mol. The van der Waals surface area contributed by atoms with Crippen LogP contribution >= 0.6 is 23.4 Å². The average molecular weight is 285 g/mol. The molecule has 1 unspecified atom stereocenters. The minimum atomic E-state index is 0.0230. The Morgan fingerprint density at radius 1 is 1.17 bits per heavy atom. The van der Waals surface area contributed by atoms with Crippen molar-refractivity contribution >= 4 is 23.4 Å². The first-order valence-corrected chi connectivity index (χ1v) is 8.12. The Labute approximate surface area is 117 Å².